The number of rotatable bonds is 8. The summed E-state index contributed by atoms with van der Waals surface area (Å²) in [5.41, 5.74) is 3.53. The second-order valence-electron chi connectivity index (χ2n) is 6.38. The number of nitrogens with one attached hydrogen (secondary N) is 1. The lowest BCUT2D eigenvalue weighted by Crippen LogP contribution is -2.27. The van der Waals surface area contributed by atoms with Crippen molar-refractivity contribution < 1.29 is 14.3 Å². The number of benzene rings is 2. The van der Waals surface area contributed by atoms with Gasteiger partial charge in [0.1, 0.15) is 0 Å². The molecule has 0 saturated heterocycles. The zero-order valence-corrected chi connectivity index (χ0v) is 14.7. The Morgan fingerprint density at radius 1 is 0.960 bits per heavy atom. The third-order valence-corrected chi connectivity index (χ3v) is 4.38. The first-order chi connectivity index (χ1) is 12.2. The molecule has 0 fully saturated rings. The van der Waals surface area contributed by atoms with Gasteiger partial charge in [0.2, 0.25) is 12.7 Å². The van der Waals surface area contributed by atoms with Gasteiger partial charge in [-0.1, -0.05) is 43.7 Å². The molecule has 1 heterocycles. The highest BCUT2D eigenvalue weighted by atomic mass is 16.7. The summed E-state index contributed by atoms with van der Waals surface area (Å²) in [6.07, 6.45) is 4.72. The first-order valence-electron chi connectivity index (χ1n) is 8.97. The van der Waals surface area contributed by atoms with Crippen LogP contribution >= 0.6 is 0 Å². The Labute approximate surface area is 149 Å². The van der Waals surface area contributed by atoms with E-state index in [4.69, 9.17) is 9.47 Å². The van der Waals surface area contributed by atoms with E-state index in [1.165, 1.54) is 18.4 Å². The third-order valence-electron chi connectivity index (χ3n) is 4.38. The van der Waals surface area contributed by atoms with Gasteiger partial charge in [0.05, 0.1) is 6.42 Å². The quantitative estimate of drug-likeness (QED) is 0.798. The molecule has 0 aliphatic carbocycles. The van der Waals surface area contributed by atoms with Gasteiger partial charge in [-0.15, -0.1) is 0 Å². The van der Waals surface area contributed by atoms with E-state index in [1.807, 2.05) is 18.2 Å². The number of ether oxygens (including phenoxy) is 2. The van der Waals surface area contributed by atoms with Crippen LogP contribution in [-0.2, 0) is 24.1 Å². The first-order valence-corrected chi connectivity index (χ1v) is 8.97. The Kier molecular flexibility index (Phi) is 5.94. The van der Waals surface area contributed by atoms with Crippen molar-refractivity contribution in [3.05, 3.63) is 59.2 Å². The van der Waals surface area contributed by atoms with E-state index in [9.17, 15) is 4.79 Å². The maximum absolute atomic E-state index is 12.1. The molecule has 4 nitrogen and oxygen atoms in total. The van der Waals surface area contributed by atoms with Crippen molar-refractivity contribution in [3.8, 4) is 11.5 Å². The fourth-order valence-electron chi connectivity index (χ4n) is 2.90. The fourth-order valence-corrected chi connectivity index (χ4v) is 2.90. The maximum atomic E-state index is 12.1. The Hall–Kier alpha value is -2.49. The number of hydrogen-bond donors (Lipinski definition) is 1. The minimum absolute atomic E-state index is 0.0575. The SMILES string of the molecule is CCCCc1ccc(CC(=O)NCCc2ccc3c(c2)OCO3)cc1. The van der Waals surface area contributed by atoms with Gasteiger partial charge in [0.25, 0.3) is 0 Å². The van der Waals surface area contributed by atoms with Crippen LogP contribution in [0.1, 0.15) is 36.5 Å². The van der Waals surface area contributed by atoms with Gasteiger partial charge in [0.15, 0.2) is 11.5 Å². The van der Waals surface area contributed by atoms with Gasteiger partial charge in [-0.05, 0) is 48.1 Å². The van der Waals surface area contributed by atoms with Crippen molar-refractivity contribution >= 4 is 5.91 Å². The van der Waals surface area contributed by atoms with Crippen LogP contribution in [-0.4, -0.2) is 19.2 Å². The number of carbonyl (C=O) groups is 1. The molecule has 0 unspecified atom stereocenters. The number of unbranched alkanes of at least 4 members (excludes halogenated alkanes) is 1. The van der Waals surface area contributed by atoms with E-state index < -0.39 is 0 Å². The van der Waals surface area contributed by atoms with Crippen LogP contribution in [0.5, 0.6) is 11.5 Å². The normalized spacial score (nSPS) is 12.2. The predicted molar refractivity (Wildman–Crippen MR) is 98.0 cm³/mol. The van der Waals surface area contributed by atoms with Crippen molar-refractivity contribution in [2.24, 2.45) is 0 Å². The molecule has 0 aromatic heterocycles. The lowest BCUT2D eigenvalue weighted by molar-refractivity contribution is -0.120. The summed E-state index contributed by atoms with van der Waals surface area (Å²) in [6.45, 7) is 3.10. The largest absolute Gasteiger partial charge is 0.454 e. The maximum Gasteiger partial charge on any atom is 0.231 e. The molecule has 4 heteroatoms. The second kappa shape index (κ2) is 8.56. The summed E-state index contributed by atoms with van der Waals surface area (Å²) in [7, 11) is 0. The number of aryl methyl sites for hydroxylation is 1. The Bertz CT molecular complexity index is 710. The topological polar surface area (TPSA) is 47.6 Å². The average Bonchev–Trinajstić information content (AvgIpc) is 3.09. The van der Waals surface area contributed by atoms with Crippen LogP contribution in [0.4, 0.5) is 0 Å². The van der Waals surface area contributed by atoms with Gasteiger partial charge in [0, 0.05) is 6.54 Å². The van der Waals surface area contributed by atoms with Gasteiger partial charge in [-0.2, -0.15) is 0 Å². The Morgan fingerprint density at radius 2 is 1.68 bits per heavy atom. The molecule has 1 amide bonds. The molecule has 25 heavy (non-hydrogen) atoms. The van der Waals surface area contributed by atoms with Gasteiger partial charge < -0.3 is 14.8 Å². The first kappa shape index (κ1) is 17.3. The van der Waals surface area contributed by atoms with Crippen LogP contribution in [0, 0.1) is 0 Å². The average molecular weight is 339 g/mol. The molecular formula is C21H25NO3. The van der Waals surface area contributed by atoms with Crippen molar-refractivity contribution in [2.75, 3.05) is 13.3 Å². The molecule has 1 N–H and O–H groups in total. The zero-order chi connectivity index (χ0) is 17.5. The number of amides is 1. The van der Waals surface area contributed by atoms with E-state index >= 15 is 0 Å². The Balaban J connectivity index is 1.42. The zero-order valence-electron chi connectivity index (χ0n) is 14.7. The van der Waals surface area contributed by atoms with E-state index in [1.54, 1.807) is 0 Å². The fraction of sp³-hybridized carbons (Fsp3) is 0.381. The van der Waals surface area contributed by atoms with Crippen molar-refractivity contribution in [1.82, 2.24) is 5.32 Å². The summed E-state index contributed by atoms with van der Waals surface area (Å²) in [6, 6.07) is 14.3. The lowest BCUT2D eigenvalue weighted by Gasteiger charge is -2.07. The Morgan fingerprint density at radius 3 is 2.48 bits per heavy atom. The standard InChI is InChI=1S/C21H25NO3/c1-2-3-4-16-5-7-17(8-6-16)14-21(23)22-12-11-18-9-10-19-20(13-18)25-15-24-19/h5-10,13H,2-4,11-12,14-15H2,1H3,(H,22,23). The summed E-state index contributed by atoms with van der Waals surface area (Å²) in [4.78, 5) is 12.1. The third kappa shape index (κ3) is 4.99. The van der Waals surface area contributed by atoms with E-state index in [2.05, 4.69) is 36.5 Å². The molecule has 0 saturated carbocycles. The molecule has 1 aliphatic heterocycles. The number of fused-ring (bicyclic) bond motifs is 1. The van der Waals surface area contributed by atoms with Crippen molar-refractivity contribution in [1.29, 1.82) is 0 Å². The highest BCUT2D eigenvalue weighted by Crippen LogP contribution is 2.32. The monoisotopic (exact) mass is 339 g/mol. The highest BCUT2D eigenvalue weighted by Gasteiger charge is 2.13. The van der Waals surface area contributed by atoms with Crippen LogP contribution in [0.15, 0.2) is 42.5 Å². The highest BCUT2D eigenvalue weighted by molar-refractivity contribution is 5.78. The van der Waals surface area contributed by atoms with Crippen LogP contribution < -0.4 is 14.8 Å². The van der Waals surface area contributed by atoms with Gasteiger partial charge in [-0.25, -0.2) is 0 Å². The van der Waals surface area contributed by atoms with Crippen molar-refractivity contribution in [3.63, 3.8) is 0 Å². The number of hydrogen-bond acceptors (Lipinski definition) is 3. The molecule has 1 aliphatic rings. The van der Waals surface area contributed by atoms with E-state index in [0.29, 0.717) is 13.0 Å². The molecule has 2 aromatic rings. The van der Waals surface area contributed by atoms with E-state index in [-0.39, 0.29) is 12.7 Å². The molecule has 3 rings (SSSR count). The minimum atomic E-state index is 0.0575. The molecule has 132 valence electrons. The molecular weight excluding hydrogens is 314 g/mol. The molecule has 0 bridgehead atoms. The van der Waals surface area contributed by atoms with Crippen LogP contribution in [0.3, 0.4) is 0 Å². The predicted octanol–water partition coefficient (Wildman–Crippen LogP) is 3.66. The summed E-state index contributed by atoms with van der Waals surface area (Å²) in [5.74, 6) is 1.63. The molecule has 2 aromatic carbocycles. The lowest BCUT2D eigenvalue weighted by atomic mass is 10.0. The molecule has 0 spiro atoms. The van der Waals surface area contributed by atoms with Crippen LogP contribution in [0.2, 0.25) is 0 Å². The van der Waals surface area contributed by atoms with Gasteiger partial charge >= 0.3 is 0 Å². The van der Waals surface area contributed by atoms with Crippen molar-refractivity contribution in [2.45, 2.75) is 39.0 Å². The van der Waals surface area contributed by atoms with Crippen LogP contribution in [0.25, 0.3) is 0 Å². The molecule has 0 radical (unpaired) electrons. The van der Waals surface area contributed by atoms with E-state index in [0.717, 1.165) is 35.5 Å². The molecule has 0 atom stereocenters. The summed E-state index contributed by atoms with van der Waals surface area (Å²) >= 11 is 0. The summed E-state index contributed by atoms with van der Waals surface area (Å²) < 4.78 is 10.7. The van der Waals surface area contributed by atoms with Gasteiger partial charge in [-0.3, -0.25) is 4.79 Å². The number of carbonyl (C=O) groups excluding carboxylic acids is 1. The summed E-state index contributed by atoms with van der Waals surface area (Å²) in [5, 5.41) is 2.99. The second-order valence-corrected chi connectivity index (χ2v) is 6.38. The smallest absolute Gasteiger partial charge is 0.231 e. The minimum Gasteiger partial charge on any atom is -0.454 e.